The molecule has 3 heterocycles. The highest BCUT2D eigenvalue weighted by Crippen LogP contribution is 2.27. The Bertz CT molecular complexity index is 844. The van der Waals surface area contributed by atoms with Gasteiger partial charge in [0.05, 0.1) is 17.3 Å². The molecule has 4 rings (SSSR count). The van der Waals surface area contributed by atoms with Crippen LogP contribution in [0, 0.1) is 0 Å². The summed E-state index contributed by atoms with van der Waals surface area (Å²) in [5.74, 6) is 0.771. The molecule has 1 aromatic carbocycles. The zero-order valence-corrected chi connectivity index (χ0v) is 17.0. The second-order valence-corrected chi connectivity index (χ2v) is 7.77. The van der Waals surface area contributed by atoms with Crippen LogP contribution in [0.25, 0.3) is 0 Å². The molecule has 1 fully saturated rings. The summed E-state index contributed by atoms with van der Waals surface area (Å²) in [7, 11) is 0. The number of carbonyl (C=O) groups excluding carboxylic acids is 1. The number of benzene rings is 1. The standard InChI is InChI=1S/C24H29N3O2/c1-2-20-9-7-15-27(20)24(28)22-10-3-4-11-23(22)29-21-12-16-26(17-13-21)18-19-8-5-6-14-25-19/h3-11,14,20-21H,2,12-13,15-18H2,1H3. The third kappa shape index (κ3) is 4.67. The number of nitrogens with zero attached hydrogens (tertiary/aromatic N) is 3. The largest absolute Gasteiger partial charge is 0.489 e. The molecule has 0 radical (unpaired) electrons. The Balaban J connectivity index is 1.36. The van der Waals surface area contributed by atoms with E-state index < -0.39 is 0 Å². The summed E-state index contributed by atoms with van der Waals surface area (Å²) in [6.45, 7) is 5.62. The average molecular weight is 392 g/mol. The highest BCUT2D eigenvalue weighted by atomic mass is 16.5. The molecular formula is C24H29N3O2. The summed E-state index contributed by atoms with van der Waals surface area (Å²) in [6.07, 6.45) is 9.03. The van der Waals surface area contributed by atoms with Crippen LogP contribution in [0.4, 0.5) is 0 Å². The van der Waals surface area contributed by atoms with Crippen molar-refractivity contribution in [2.75, 3.05) is 19.6 Å². The van der Waals surface area contributed by atoms with E-state index in [1.54, 1.807) is 0 Å². The van der Waals surface area contributed by atoms with Gasteiger partial charge in [-0.05, 0) is 43.5 Å². The van der Waals surface area contributed by atoms with E-state index >= 15 is 0 Å². The van der Waals surface area contributed by atoms with Crippen LogP contribution >= 0.6 is 0 Å². The predicted molar refractivity (Wildman–Crippen MR) is 114 cm³/mol. The van der Waals surface area contributed by atoms with E-state index in [-0.39, 0.29) is 18.1 Å². The molecule has 1 unspecified atom stereocenters. The number of rotatable bonds is 6. The van der Waals surface area contributed by atoms with Gasteiger partial charge in [0.2, 0.25) is 0 Å². The number of para-hydroxylation sites is 1. The van der Waals surface area contributed by atoms with Crippen LogP contribution in [0.3, 0.4) is 0 Å². The van der Waals surface area contributed by atoms with Gasteiger partial charge in [-0.25, -0.2) is 0 Å². The number of ether oxygens (including phenoxy) is 1. The maximum Gasteiger partial charge on any atom is 0.258 e. The smallest absolute Gasteiger partial charge is 0.258 e. The van der Waals surface area contributed by atoms with Gasteiger partial charge in [0.1, 0.15) is 11.9 Å². The number of hydrogen-bond acceptors (Lipinski definition) is 4. The number of piperidine rings is 1. The van der Waals surface area contributed by atoms with Crippen molar-refractivity contribution in [1.29, 1.82) is 0 Å². The van der Waals surface area contributed by atoms with Gasteiger partial charge in [-0.15, -0.1) is 0 Å². The first-order valence-electron chi connectivity index (χ1n) is 10.6. The second kappa shape index (κ2) is 9.23. The van der Waals surface area contributed by atoms with Crippen LogP contribution in [0.1, 0.15) is 42.2 Å². The van der Waals surface area contributed by atoms with Crippen molar-refractivity contribution >= 4 is 5.91 Å². The summed E-state index contributed by atoms with van der Waals surface area (Å²) >= 11 is 0. The summed E-state index contributed by atoms with van der Waals surface area (Å²) in [5, 5.41) is 0. The van der Waals surface area contributed by atoms with Gasteiger partial charge in [-0.2, -0.15) is 0 Å². The Morgan fingerprint density at radius 1 is 1.14 bits per heavy atom. The zero-order valence-electron chi connectivity index (χ0n) is 17.0. The van der Waals surface area contributed by atoms with Gasteiger partial charge in [0.15, 0.2) is 0 Å². The van der Waals surface area contributed by atoms with Crippen molar-refractivity contribution < 1.29 is 9.53 Å². The predicted octanol–water partition coefficient (Wildman–Crippen LogP) is 3.92. The zero-order chi connectivity index (χ0) is 20.1. The molecule has 5 nitrogen and oxygen atoms in total. The van der Waals surface area contributed by atoms with Crippen molar-refractivity contribution in [3.05, 3.63) is 72.1 Å². The Kier molecular flexibility index (Phi) is 6.25. The third-order valence-electron chi connectivity index (χ3n) is 5.80. The van der Waals surface area contributed by atoms with E-state index in [9.17, 15) is 4.79 Å². The van der Waals surface area contributed by atoms with Gasteiger partial charge >= 0.3 is 0 Å². The SMILES string of the molecule is CCC1C=CCN1C(=O)c1ccccc1OC1CCN(Cc2ccccn2)CC1. The highest BCUT2D eigenvalue weighted by molar-refractivity contribution is 5.97. The number of carbonyl (C=O) groups is 1. The van der Waals surface area contributed by atoms with E-state index in [1.807, 2.05) is 47.5 Å². The lowest BCUT2D eigenvalue weighted by molar-refractivity contribution is 0.0723. The Morgan fingerprint density at radius 3 is 2.69 bits per heavy atom. The fourth-order valence-corrected chi connectivity index (χ4v) is 4.15. The molecule has 0 N–H and O–H groups in total. The van der Waals surface area contributed by atoms with Crippen LogP contribution in [0.5, 0.6) is 5.75 Å². The molecule has 1 atom stereocenters. The minimum atomic E-state index is 0.0602. The highest BCUT2D eigenvalue weighted by Gasteiger charge is 2.28. The van der Waals surface area contributed by atoms with Crippen molar-refractivity contribution in [2.45, 2.75) is 44.9 Å². The first kappa shape index (κ1) is 19.6. The monoisotopic (exact) mass is 391 g/mol. The molecular weight excluding hydrogens is 362 g/mol. The van der Waals surface area contributed by atoms with Crippen molar-refractivity contribution in [1.82, 2.24) is 14.8 Å². The average Bonchev–Trinajstić information content (AvgIpc) is 3.25. The Morgan fingerprint density at radius 2 is 1.93 bits per heavy atom. The van der Waals surface area contributed by atoms with Gasteiger partial charge in [-0.3, -0.25) is 14.7 Å². The van der Waals surface area contributed by atoms with E-state index in [1.165, 1.54) is 0 Å². The van der Waals surface area contributed by atoms with E-state index in [0.29, 0.717) is 17.9 Å². The molecule has 2 aliphatic heterocycles. The molecule has 1 saturated heterocycles. The summed E-state index contributed by atoms with van der Waals surface area (Å²) in [5.41, 5.74) is 1.78. The fourth-order valence-electron chi connectivity index (χ4n) is 4.15. The molecule has 152 valence electrons. The first-order valence-corrected chi connectivity index (χ1v) is 10.6. The van der Waals surface area contributed by atoms with E-state index in [4.69, 9.17) is 4.74 Å². The van der Waals surface area contributed by atoms with Crippen LogP contribution in [0.15, 0.2) is 60.8 Å². The molecule has 0 spiro atoms. The number of amides is 1. The summed E-state index contributed by atoms with van der Waals surface area (Å²) in [6, 6.07) is 13.9. The van der Waals surface area contributed by atoms with Gasteiger partial charge in [-0.1, -0.05) is 37.3 Å². The maximum absolute atomic E-state index is 13.1. The lowest BCUT2D eigenvalue weighted by atomic mass is 10.1. The molecule has 0 bridgehead atoms. The second-order valence-electron chi connectivity index (χ2n) is 7.77. The maximum atomic E-state index is 13.1. The lowest BCUT2D eigenvalue weighted by Gasteiger charge is -2.32. The van der Waals surface area contributed by atoms with Crippen molar-refractivity contribution in [3.63, 3.8) is 0 Å². The van der Waals surface area contributed by atoms with Crippen molar-refractivity contribution in [3.8, 4) is 5.75 Å². The number of likely N-dealkylation sites (tertiary alicyclic amines) is 1. The molecule has 1 amide bonds. The van der Waals surface area contributed by atoms with Crippen LogP contribution < -0.4 is 4.74 Å². The molecule has 2 aliphatic rings. The van der Waals surface area contributed by atoms with Gasteiger partial charge in [0, 0.05) is 32.4 Å². The molecule has 0 aliphatic carbocycles. The summed E-state index contributed by atoms with van der Waals surface area (Å²) < 4.78 is 6.32. The molecule has 0 saturated carbocycles. The van der Waals surface area contributed by atoms with Gasteiger partial charge < -0.3 is 9.64 Å². The summed E-state index contributed by atoms with van der Waals surface area (Å²) in [4.78, 5) is 21.9. The first-order chi connectivity index (χ1) is 14.2. The lowest BCUT2D eigenvalue weighted by Crippen LogP contribution is -2.39. The molecule has 1 aromatic heterocycles. The molecule has 29 heavy (non-hydrogen) atoms. The topological polar surface area (TPSA) is 45.7 Å². The number of hydrogen-bond donors (Lipinski definition) is 0. The molecule has 2 aromatic rings. The number of pyridine rings is 1. The Labute approximate surface area is 173 Å². The number of aromatic nitrogens is 1. The van der Waals surface area contributed by atoms with E-state index in [0.717, 1.165) is 44.6 Å². The van der Waals surface area contributed by atoms with Gasteiger partial charge in [0.25, 0.3) is 5.91 Å². The minimum absolute atomic E-state index is 0.0602. The van der Waals surface area contributed by atoms with Crippen molar-refractivity contribution in [2.24, 2.45) is 0 Å². The van der Waals surface area contributed by atoms with Crippen LogP contribution in [-0.4, -0.2) is 52.5 Å². The van der Waals surface area contributed by atoms with Crippen LogP contribution in [0.2, 0.25) is 0 Å². The third-order valence-corrected chi connectivity index (χ3v) is 5.80. The molecule has 5 heteroatoms. The quantitative estimate of drug-likeness (QED) is 0.701. The Hall–Kier alpha value is -2.66. The van der Waals surface area contributed by atoms with E-state index in [2.05, 4.69) is 35.0 Å². The minimum Gasteiger partial charge on any atom is -0.489 e. The normalized spacial score (nSPS) is 20.2. The van der Waals surface area contributed by atoms with Crippen LogP contribution in [-0.2, 0) is 6.54 Å². The fraction of sp³-hybridized carbons (Fsp3) is 0.417.